The van der Waals surface area contributed by atoms with E-state index in [1.807, 2.05) is 30.3 Å². The highest BCUT2D eigenvalue weighted by molar-refractivity contribution is 7.93. The van der Waals surface area contributed by atoms with E-state index in [0.29, 0.717) is 12.2 Å². The second-order valence-corrected chi connectivity index (χ2v) is 14.7. The molecule has 22 heavy (non-hydrogen) atoms. The Labute approximate surface area is 135 Å². The molecular formula is C16H26N2O2SSi. The molecule has 0 spiro atoms. The van der Waals surface area contributed by atoms with E-state index in [4.69, 9.17) is 0 Å². The summed E-state index contributed by atoms with van der Waals surface area (Å²) in [6.07, 6.45) is 0.622. The maximum atomic E-state index is 13.0. The molecular weight excluding hydrogens is 312 g/mol. The zero-order valence-corrected chi connectivity index (χ0v) is 15.9. The maximum Gasteiger partial charge on any atom is 0.236 e. The molecule has 1 aliphatic heterocycles. The zero-order chi connectivity index (χ0) is 16.6. The molecule has 1 N–H and O–H groups in total. The first kappa shape index (κ1) is 17.2. The highest BCUT2D eigenvalue weighted by atomic mass is 32.2. The Kier molecular flexibility index (Phi) is 4.55. The third kappa shape index (κ3) is 3.79. The van der Waals surface area contributed by atoms with Crippen molar-refractivity contribution in [2.24, 2.45) is 9.95 Å². The second kappa shape index (κ2) is 5.81. The largest absolute Gasteiger partial charge is 0.274 e. The molecule has 1 heterocycles. The number of carbonyl (C=O) groups is 1. The highest BCUT2D eigenvalue weighted by Crippen LogP contribution is 2.38. The van der Waals surface area contributed by atoms with Crippen LogP contribution in [0.4, 0.5) is 0 Å². The molecule has 0 bridgehead atoms. The smallest absolute Gasteiger partial charge is 0.236 e. The van der Waals surface area contributed by atoms with Gasteiger partial charge in [-0.05, 0) is 30.1 Å². The summed E-state index contributed by atoms with van der Waals surface area (Å²) in [5.74, 6) is -0.0486. The minimum Gasteiger partial charge on any atom is -0.274 e. The molecule has 1 fully saturated rings. The van der Waals surface area contributed by atoms with Crippen LogP contribution in [0.15, 0.2) is 34.4 Å². The lowest BCUT2D eigenvalue weighted by molar-refractivity contribution is -0.121. The molecule has 1 aliphatic rings. The molecule has 2 unspecified atom stereocenters. The molecule has 1 amide bonds. The SMILES string of the molecule is CC(C)(C)[Si](C)(C)N=S1(=O)CC(Cc2ccccc2)C(=O)N1. The van der Waals surface area contributed by atoms with Crippen LogP contribution in [0.2, 0.25) is 18.1 Å². The summed E-state index contributed by atoms with van der Waals surface area (Å²) < 4.78 is 20.4. The summed E-state index contributed by atoms with van der Waals surface area (Å²) in [6.45, 7) is 10.6. The van der Waals surface area contributed by atoms with Crippen molar-refractivity contribution in [3.8, 4) is 0 Å². The minimum atomic E-state index is -2.63. The van der Waals surface area contributed by atoms with Gasteiger partial charge in [-0.1, -0.05) is 51.1 Å². The normalized spacial score (nSPS) is 25.9. The summed E-state index contributed by atoms with van der Waals surface area (Å²) >= 11 is 0. The Balaban J connectivity index is 2.23. The fourth-order valence-corrected chi connectivity index (χ4v) is 8.15. The summed E-state index contributed by atoms with van der Waals surface area (Å²) in [7, 11) is -4.68. The Morgan fingerprint density at radius 3 is 2.41 bits per heavy atom. The van der Waals surface area contributed by atoms with Gasteiger partial charge in [-0.3, -0.25) is 13.5 Å². The second-order valence-electron chi connectivity index (χ2n) is 7.56. The van der Waals surface area contributed by atoms with Gasteiger partial charge in [-0.2, -0.15) is 0 Å². The Morgan fingerprint density at radius 1 is 1.27 bits per heavy atom. The quantitative estimate of drug-likeness (QED) is 0.859. The van der Waals surface area contributed by atoms with Gasteiger partial charge in [-0.25, -0.2) is 4.21 Å². The van der Waals surface area contributed by atoms with E-state index in [0.717, 1.165) is 5.56 Å². The third-order valence-electron chi connectivity index (χ3n) is 4.59. The number of hydrogen-bond donors (Lipinski definition) is 1. The van der Waals surface area contributed by atoms with Crippen molar-refractivity contribution in [1.82, 2.24) is 4.72 Å². The number of nitrogens with zero attached hydrogens (tertiary/aromatic N) is 1. The molecule has 122 valence electrons. The number of nitrogens with one attached hydrogen (secondary N) is 1. The van der Waals surface area contributed by atoms with Crippen molar-refractivity contribution >= 4 is 24.1 Å². The van der Waals surface area contributed by atoms with Crippen LogP contribution in [0.25, 0.3) is 0 Å². The maximum absolute atomic E-state index is 13.0. The van der Waals surface area contributed by atoms with Gasteiger partial charge in [0.15, 0.2) is 8.24 Å². The molecule has 1 saturated heterocycles. The molecule has 2 atom stereocenters. The van der Waals surface area contributed by atoms with Crippen molar-refractivity contribution in [2.75, 3.05) is 5.75 Å². The Morgan fingerprint density at radius 2 is 1.86 bits per heavy atom. The van der Waals surface area contributed by atoms with E-state index in [-0.39, 0.29) is 16.9 Å². The van der Waals surface area contributed by atoms with Crippen LogP contribution < -0.4 is 4.72 Å². The fourth-order valence-electron chi connectivity index (χ4n) is 2.25. The summed E-state index contributed by atoms with van der Waals surface area (Å²) in [5, 5.41) is 0.0135. The summed E-state index contributed by atoms with van der Waals surface area (Å²) in [6, 6.07) is 9.87. The number of benzene rings is 1. The lowest BCUT2D eigenvalue weighted by Crippen LogP contribution is -2.38. The van der Waals surface area contributed by atoms with E-state index < -0.39 is 18.2 Å². The standard InChI is InChI=1S/C16H26N2O2SSi/c1-16(2,3)22(4,5)18-21(20)12-14(15(19)17-21)11-13-9-7-6-8-10-13/h6-10,14H,11-12H2,1-5H3,(H,17,18,19,20). The lowest BCUT2D eigenvalue weighted by Gasteiger charge is -2.32. The van der Waals surface area contributed by atoms with E-state index in [1.165, 1.54) is 0 Å². The molecule has 4 nitrogen and oxygen atoms in total. The monoisotopic (exact) mass is 338 g/mol. The van der Waals surface area contributed by atoms with Crippen LogP contribution in [-0.4, -0.2) is 24.1 Å². The predicted octanol–water partition coefficient (Wildman–Crippen LogP) is 3.36. The van der Waals surface area contributed by atoms with Crippen molar-refractivity contribution < 1.29 is 9.00 Å². The van der Waals surface area contributed by atoms with Crippen molar-refractivity contribution in [3.05, 3.63) is 35.9 Å². The number of amides is 1. The fraction of sp³-hybridized carbons (Fsp3) is 0.562. The topological polar surface area (TPSA) is 58.5 Å². The first-order valence-corrected chi connectivity index (χ1v) is 12.3. The van der Waals surface area contributed by atoms with Gasteiger partial charge in [0, 0.05) is 0 Å². The number of carbonyl (C=O) groups excluding carboxylic acids is 1. The molecule has 0 aromatic heterocycles. The minimum absolute atomic E-state index is 0.0135. The van der Waals surface area contributed by atoms with E-state index >= 15 is 0 Å². The summed E-state index contributed by atoms with van der Waals surface area (Å²) in [5.41, 5.74) is 1.10. The number of hydrogen-bond acceptors (Lipinski definition) is 3. The first-order valence-electron chi connectivity index (χ1n) is 7.64. The van der Waals surface area contributed by atoms with Gasteiger partial charge in [-0.15, -0.1) is 0 Å². The van der Waals surface area contributed by atoms with E-state index in [1.54, 1.807) is 0 Å². The molecule has 2 rings (SSSR count). The molecule has 1 aromatic rings. The van der Waals surface area contributed by atoms with Crippen LogP contribution in [0.5, 0.6) is 0 Å². The zero-order valence-electron chi connectivity index (χ0n) is 14.1. The van der Waals surface area contributed by atoms with Crippen LogP contribution in [0.3, 0.4) is 0 Å². The van der Waals surface area contributed by atoms with Crippen LogP contribution in [0, 0.1) is 5.92 Å². The predicted molar refractivity (Wildman–Crippen MR) is 94.4 cm³/mol. The molecule has 0 saturated carbocycles. The first-order chi connectivity index (χ1) is 10.0. The van der Waals surface area contributed by atoms with E-state index in [2.05, 4.69) is 42.6 Å². The van der Waals surface area contributed by atoms with E-state index in [9.17, 15) is 9.00 Å². The van der Waals surface area contributed by atoms with Crippen LogP contribution in [-0.2, 0) is 21.1 Å². The molecule has 0 radical (unpaired) electrons. The summed E-state index contributed by atoms with van der Waals surface area (Å²) in [4.78, 5) is 12.2. The van der Waals surface area contributed by atoms with Gasteiger partial charge in [0.25, 0.3) is 0 Å². The van der Waals surface area contributed by atoms with Gasteiger partial charge in [0.2, 0.25) is 5.91 Å². The van der Waals surface area contributed by atoms with Gasteiger partial charge in [0.1, 0.15) is 9.92 Å². The van der Waals surface area contributed by atoms with Gasteiger partial charge in [0.05, 0.1) is 11.7 Å². The molecule has 1 aromatic carbocycles. The molecule has 0 aliphatic carbocycles. The van der Waals surface area contributed by atoms with Crippen molar-refractivity contribution in [2.45, 2.75) is 45.3 Å². The third-order valence-corrected chi connectivity index (χ3v) is 12.6. The van der Waals surface area contributed by atoms with Crippen molar-refractivity contribution in [3.63, 3.8) is 0 Å². The number of rotatable bonds is 3. The van der Waals surface area contributed by atoms with Crippen LogP contribution >= 0.6 is 0 Å². The lowest BCUT2D eigenvalue weighted by atomic mass is 10.0. The van der Waals surface area contributed by atoms with Gasteiger partial charge < -0.3 is 0 Å². The average Bonchev–Trinajstić information content (AvgIpc) is 2.62. The van der Waals surface area contributed by atoms with Crippen molar-refractivity contribution in [1.29, 1.82) is 0 Å². The molecule has 6 heteroatoms. The highest BCUT2D eigenvalue weighted by Gasteiger charge is 2.41. The Bertz CT molecular complexity index is 671. The average molecular weight is 339 g/mol. The Hall–Kier alpha value is -1.14. The van der Waals surface area contributed by atoms with Gasteiger partial charge >= 0.3 is 0 Å². The van der Waals surface area contributed by atoms with Crippen LogP contribution in [0.1, 0.15) is 26.3 Å².